The second-order valence-electron chi connectivity index (χ2n) is 7.69. The van der Waals surface area contributed by atoms with Gasteiger partial charge in [0.05, 0.1) is 25.4 Å². The highest BCUT2D eigenvalue weighted by molar-refractivity contribution is 14.0. The number of amides is 1. The van der Waals surface area contributed by atoms with Crippen molar-refractivity contribution in [2.75, 3.05) is 45.9 Å². The Morgan fingerprint density at radius 1 is 1.23 bits per heavy atom. The van der Waals surface area contributed by atoms with Crippen LogP contribution in [0.2, 0.25) is 0 Å². The molecule has 0 saturated carbocycles. The van der Waals surface area contributed by atoms with Gasteiger partial charge in [-0.25, -0.2) is 0 Å². The van der Waals surface area contributed by atoms with Gasteiger partial charge in [-0.1, -0.05) is 0 Å². The zero-order valence-corrected chi connectivity index (χ0v) is 20.5. The molecular weight excluding hydrogens is 511 g/mol. The van der Waals surface area contributed by atoms with Crippen LogP contribution in [0.15, 0.2) is 29.3 Å². The lowest BCUT2D eigenvalue weighted by molar-refractivity contribution is -0.0367. The molecule has 1 atom stereocenters. The van der Waals surface area contributed by atoms with Crippen molar-refractivity contribution < 1.29 is 19.4 Å². The van der Waals surface area contributed by atoms with E-state index in [1.807, 2.05) is 0 Å². The standard InChI is InChI=1S/C22H34N4O4.HI/c1-2-23-22(25-12-11-24-21(28)17-5-7-18(27)8-6-17)26-13-9-19(10-14-26)30-16-20-4-3-15-29-20;/h5-8,19-20,27H,2-4,9-16H2,1H3,(H,23,25)(H,24,28);1H. The summed E-state index contributed by atoms with van der Waals surface area (Å²) in [5, 5.41) is 15.5. The van der Waals surface area contributed by atoms with Crippen LogP contribution in [-0.4, -0.2) is 80.0 Å². The first-order chi connectivity index (χ1) is 14.7. The molecule has 9 heteroatoms. The number of nitrogens with one attached hydrogen (secondary N) is 2. The van der Waals surface area contributed by atoms with E-state index >= 15 is 0 Å². The molecule has 2 aliphatic rings. The summed E-state index contributed by atoms with van der Waals surface area (Å²) in [7, 11) is 0. The van der Waals surface area contributed by atoms with E-state index in [2.05, 4.69) is 27.4 Å². The third kappa shape index (κ3) is 8.46. The smallest absolute Gasteiger partial charge is 0.251 e. The van der Waals surface area contributed by atoms with E-state index < -0.39 is 0 Å². The molecule has 31 heavy (non-hydrogen) atoms. The predicted octanol–water partition coefficient (Wildman–Crippen LogP) is 2.37. The number of carbonyl (C=O) groups is 1. The number of aliphatic imine (C=N–C) groups is 1. The first-order valence-electron chi connectivity index (χ1n) is 11.0. The molecule has 2 fully saturated rings. The van der Waals surface area contributed by atoms with Gasteiger partial charge in [0.2, 0.25) is 0 Å². The number of phenols is 1. The summed E-state index contributed by atoms with van der Waals surface area (Å²) < 4.78 is 11.7. The van der Waals surface area contributed by atoms with Crippen LogP contribution in [0.5, 0.6) is 5.75 Å². The van der Waals surface area contributed by atoms with Crippen LogP contribution >= 0.6 is 24.0 Å². The Hall–Kier alpha value is -1.59. The van der Waals surface area contributed by atoms with Gasteiger partial charge in [-0.15, -0.1) is 24.0 Å². The third-order valence-corrected chi connectivity index (χ3v) is 5.41. The number of likely N-dealkylation sites (tertiary alicyclic amines) is 1. The van der Waals surface area contributed by atoms with Crippen LogP contribution in [0.1, 0.15) is 43.0 Å². The Morgan fingerprint density at radius 2 is 1.97 bits per heavy atom. The highest BCUT2D eigenvalue weighted by Gasteiger charge is 2.24. The van der Waals surface area contributed by atoms with Crippen molar-refractivity contribution in [3.8, 4) is 5.75 Å². The van der Waals surface area contributed by atoms with E-state index in [1.54, 1.807) is 12.1 Å². The average molecular weight is 546 g/mol. The number of benzene rings is 1. The van der Waals surface area contributed by atoms with Crippen molar-refractivity contribution in [2.45, 2.75) is 44.8 Å². The van der Waals surface area contributed by atoms with Gasteiger partial charge in [-0.05, 0) is 56.9 Å². The van der Waals surface area contributed by atoms with Crippen LogP contribution in [-0.2, 0) is 9.47 Å². The molecule has 0 radical (unpaired) electrons. The predicted molar refractivity (Wildman–Crippen MR) is 131 cm³/mol. The molecule has 2 aliphatic heterocycles. The number of aromatic hydroxyl groups is 1. The average Bonchev–Trinajstić information content (AvgIpc) is 3.29. The van der Waals surface area contributed by atoms with Gasteiger partial charge in [-0.3, -0.25) is 9.79 Å². The topological polar surface area (TPSA) is 95.4 Å². The quantitative estimate of drug-likeness (QED) is 0.201. The Bertz CT molecular complexity index is 687. The van der Waals surface area contributed by atoms with E-state index in [9.17, 15) is 9.90 Å². The summed E-state index contributed by atoms with van der Waals surface area (Å²) in [4.78, 5) is 19.1. The maximum atomic E-state index is 12.1. The lowest BCUT2D eigenvalue weighted by Crippen LogP contribution is -2.47. The van der Waals surface area contributed by atoms with Crippen LogP contribution in [0, 0.1) is 0 Å². The number of guanidine groups is 1. The van der Waals surface area contributed by atoms with Crippen molar-refractivity contribution in [3.05, 3.63) is 29.8 Å². The minimum absolute atomic E-state index is 0. The van der Waals surface area contributed by atoms with Gasteiger partial charge in [0, 0.05) is 38.3 Å². The first kappa shape index (κ1) is 25.7. The molecule has 0 aromatic heterocycles. The molecule has 3 N–H and O–H groups in total. The number of halogens is 1. The molecule has 3 rings (SSSR count). The minimum Gasteiger partial charge on any atom is -0.508 e. The molecule has 2 heterocycles. The number of ether oxygens (including phenoxy) is 2. The van der Waals surface area contributed by atoms with Gasteiger partial charge in [-0.2, -0.15) is 0 Å². The fraction of sp³-hybridized carbons (Fsp3) is 0.636. The summed E-state index contributed by atoms with van der Waals surface area (Å²) in [6, 6.07) is 6.21. The monoisotopic (exact) mass is 546 g/mol. The number of hydrogen-bond donors (Lipinski definition) is 3. The first-order valence-corrected chi connectivity index (χ1v) is 11.0. The Labute approximate surface area is 201 Å². The summed E-state index contributed by atoms with van der Waals surface area (Å²) in [6.07, 6.45) is 4.78. The van der Waals surface area contributed by atoms with Crippen LogP contribution in [0.4, 0.5) is 0 Å². The van der Waals surface area contributed by atoms with Crippen molar-refractivity contribution in [2.24, 2.45) is 4.99 Å². The second-order valence-corrected chi connectivity index (χ2v) is 7.69. The van der Waals surface area contributed by atoms with Gasteiger partial charge in [0.25, 0.3) is 5.91 Å². The molecule has 1 amide bonds. The van der Waals surface area contributed by atoms with Crippen molar-refractivity contribution in [3.63, 3.8) is 0 Å². The SMILES string of the molecule is CCNC(=NCCNC(=O)c1ccc(O)cc1)N1CCC(OCC2CCCO2)CC1.I. The Morgan fingerprint density at radius 3 is 2.61 bits per heavy atom. The lowest BCUT2D eigenvalue weighted by atomic mass is 10.1. The van der Waals surface area contributed by atoms with E-state index in [0.717, 1.165) is 57.9 Å². The van der Waals surface area contributed by atoms with Crippen LogP contribution < -0.4 is 10.6 Å². The summed E-state index contributed by atoms with van der Waals surface area (Å²) in [6.45, 7) is 7.19. The Balaban J connectivity index is 0.00000341. The molecule has 1 aromatic rings. The normalized spacial score (nSPS) is 19.7. The highest BCUT2D eigenvalue weighted by Crippen LogP contribution is 2.18. The molecular formula is C22H35IN4O4. The molecule has 2 saturated heterocycles. The van der Waals surface area contributed by atoms with Gasteiger partial charge in [0.15, 0.2) is 5.96 Å². The number of nitrogens with zero attached hydrogens (tertiary/aromatic N) is 2. The Kier molecular flexibility index (Phi) is 11.4. The van der Waals surface area contributed by atoms with Crippen molar-refractivity contribution in [1.82, 2.24) is 15.5 Å². The summed E-state index contributed by atoms with van der Waals surface area (Å²) in [5.41, 5.74) is 0.522. The molecule has 1 aromatic carbocycles. The molecule has 8 nitrogen and oxygen atoms in total. The van der Waals surface area contributed by atoms with Crippen LogP contribution in [0.25, 0.3) is 0 Å². The zero-order valence-electron chi connectivity index (χ0n) is 18.2. The molecule has 0 spiro atoms. The minimum atomic E-state index is -0.167. The number of rotatable bonds is 8. The maximum Gasteiger partial charge on any atom is 0.251 e. The van der Waals surface area contributed by atoms with Crippen LogP contribution in [0.3, 0.4) is 0 Å². The second kappa shape index (κ2) is 13.7. The largest absolute Gasteiger partial charge is 0.508 e. The van der Waals surface area contributed by atoms with E-state index in [0.29, 0.717) is 25.3 Å². The van der Waals surface area contributed by atoms with E-state index in [-0.39, 0.29) is 47.8 Å². The van der Waals surface area contributed by atoms with Crippen molar-refractivity contribution >= 4 is 35.8 Å². The van der Waals surface area contributed by atoms with Gasteiger partial charge >= 0.3 is 0 Å². The third-order valence-electron chi connectivity index (χ3n) is 5.41. The molecule has 0 aliphatic carbocycles. The number of hydrogen-bond acceptors (Lipinski definition) is 5. The lowest BCUT2D eigenvalue weighted by Gasteiger charge is -2.34. The molecule has 0 bridgehead atoms. The zero-order chi connectivity index (χ0) is 21.2. The number of piperidine rings is 1. The van der Waals surface area contributed by atoms with E-state index in [4.69, 9.17) is 9.47 Å². The molecule has 1 unspecified atom stereocenters. The number of phenolic OH excluding ortho intramolecular Hbond substituents is 1. The molecule has 174 valence electrons. The van der Waals surface area contributed by atoms with E-state index in [1.165, 1.54) is 12.1 Å². The fourth-order valence-electron chi connectivity index (χ4n) is 3.73. The summed E-state index contributed by atoms with van der Waals surface area (Å²) >= 11 is 0. The fourth-order valence-corrected chi connectivity index (χ4v) is 3.73. The summed E-state index contributed by atoms with van der Waals surface area (Å²) in [5.74, 6) is 0.862. The highest BCUT2D eigenvalue weighted by atomic mass is 127. The van der Waals surface area contributed by atoms with Gasteiger partial charge in [0.1, 0.15) is 5.75 Å². The maximum absolute atomic E-state index is 12.1. The van der Waals surface area contributed by atoms with Gasteiger partial charge < -0.3 is 30.1 Å². The van der Waals surface area contributed by atoms with Crippen molar-refractivity contribution in [1.29, 1.82) is 0 Å². The number of carbonyl (C=O) groups excluding carboxylic acids is 1.